The maximum Gasteiger partial charge on any atom is 0.220 e. The second kappa shape index (κ2) is 9.34. The van der Waals surface area contributed by atoms with Gasteiger partial charge in [-0.2, -0.15) is 0 Å². The Morgan fingerprint density at radius 3 is 2.66 bits per heavy atom. The van der Waals surface area contributed by atoms with Crippen LogP contribution < -0.4 is 20.5 Å². The molecule has 170 valence electrons. The lowest BCUT2D eigenvalue weighted by Gasteiger charge is -2.19. The first kappa shape index (κ1) is 22.4. The number of ether oxygens (including phenoxy) is 2. The molecule has 3 aromatic rings. The van der Waals surface area contributed by atoms with E-state index >= 15 is 0 Å². The number of fused-ring (bicyclic) bond motifs is 1. The number of anilines is 2. The van der Waals surface area contributed by atoms with E-state index in [1.165, 1.54) is 0 Å². The topological polar surface area (TPSA) is 98.4 Å². The highest BCUT2D eigenvalue weighted by atomic mass is 35.5. The van der Waals surface area contributed by atoms with Gasteiger partial charge in [0.15, 0.2) is 5.82 Å². The molecule has 1 aliphatic heterocycles. The van der Waals surface area contributed by atoms with E-state index < -0.39 is 0 Å². The Balaban J connectivity index is 1.86. The molecule has 1 saturated heterocycles. The van der Waals surface area contributed by atoms with Crippen LogP contribution in [0.1, 0.15) is 18.9 Å². The van der Waals surface area contributed by atoms with Crippen molar-refractivity contribution in [2.75, 3.05) is 52.0 Å². The average Bonchev–Trinajstić information content (AvgIpc) is 3.22. The smallest absolute Gasteiger partial charge is 0.220 e. The molecule has 0 bridgehead atoms. The third-order valence-corrected chi connectivity index (χ3v) is 6.35. The Kier molecular flexibility index (Phi) is 6.53. The molecule has 4 rings (SSSR count). The van der Waals surface area contributed by atoms with E-state index in [2.05, 4.69) is 34.2 Å². The maximum absolute atomic E-state index is 6.78. The fourth-order valence-corrected chi connectivity index (χ4v) is 4.68. The first-order valence-electron chi connectivity index (χ1n) is 10.7. The lowest BCUT2D eigenvalue weighted by molar-refractivity contribution is 0.392. The van der Waals surface area contributed by atoms with Gasteiger partial charge in [-0.25, -0.2) is 15.0 Å². The highest BCUT2D eigenvalue weighted by molar-refractivity contribution is 6.35. The first-order chi connectivity index (χ1) is 15.4. The molecule has 32 heavy (non-hydrogen) atoms. The third-order valence-electron chi connectivity index (χ3n) is 5.98. The molecule has 9 heteroatoms. The van der Waals surface area contributed by atoms with Gasteiger partial charge in [0.25, 0.3) is 0 Å². The van der Waals surface area contributed by atoms with Gasteiger partial charge in [0.05, 0.1) is 24.9 Å². The number of pyridine rings is 1. The molecular weight excluding hydrogens is 428 g/mol. The summed E-state index contributed by atoms with van der Waals surface area (Å²) in [4.78, 5) is 15.9. The molecule has 0 aliphatic carbocycles. The highest BCUT2D eigenvalue weighted by Crippen LogP contribution is 2.43. The zero-order valence-electron chi connectivity index (χ0n) is 18.9. The fraction of sp³-hybridized carbons (Fsp3) is 0.435. The fourth-order valence-electron chi connectivity index (χ4n) is 4.34. The summed E-state index contributed by atoms with van der Waals surface area (Å²) in [6.07, 6.45) is 3.59. The van der Waals surface area contributed by atoms with Crippen molar-refractivity contribution in [1.29, 1.82) is 0 Å². The summed E-state index contributed by atoms with van der Waals surface area (Å²) in [5.41, 5.74) is 9.03. The predicted octanol–water partition coefficient (Wildman–Crippen LogP) is 3.87. The van der Waals surface area contributed by atoms with Crippen molar-refractivity contribution in [3.05, 3.63) is 28.9 Å². The van der Waals surface area contributed by atoms with Crippen molar-refractivity contribution < 1.29 is 9.47 Å². The number of halogens is 1. The van der Waals surface area contributed by atoms with E-state index in [1.807, 2.05) is 12.1 Å². The molecular formula is C23H29ClN6O2. The maximum atomic E-state index is 6.78. The second-order valence-corrected chi connectivity index (χ2v) is 8.50. The number of nitrogens with two attached hydrogens (primary N) is 1. The minimum atomic E-state index is 0.214. The molecule has 0 amide bonds. The number of likely N-dealkylation sites (tertiary alicyclic amines) is 1. The molecule has 2 aromatic heterocycles. The largest absolute Gasteiger partial charge is 0.496 e. The van der Waals surface area contributed by atoms with Crippen LogP contribution in [0.15, 0.2) is 18.3 Å². The predicted molar refractivity (Wildman–Crippen MR) is 129 cm³/mol. The zero-order chi connectivity index (χ0) is 22.8. The number of benzene rings is 1. The van der Waals surface area contributed by atoms with E-state index in [4.69, 9.17) is 31.8 Å². The molecule has 3 heterocycles. The van der Waals surface area contributed by atoms with Crippen LogP contribution in [0.5, 0.6) is 11.5 Å². The lowest BCUT2D eigenvalue weighted by atomic mass is 9.99. The standard InChI is InChI=1S/C23H29ClN6O2/c1-5-15-17(31-3)9-18(32-4)20(24)19(15)16-8-14-11-27-23(25)29-21(14)22(28-16)26-10-13-6-7-30(2)12-13/h8-9,11,13H,5-7,10,12H2,1-4H3,(H,26,28)(H2,25,27,29). The minimum Gasteiger partial charge on any atom is -0.496 e. The van der Waals surface area contributed by atoms with Crippen molar-refractivity contribution in [1.82, 2.24) is 19.9 Å². The average molecular weight is 457 g/mol. The first-order valence-corrected chi connectivity index (χ1v) is 11.1. The van der Waals surface area contributed by atoms with Crippen LogP contribution in [0.25, 0.3) is 22.2 Å². The Morgan fingerprint density at radius 2 is 2.00 bits per heavy atom. The van der Waals surface area contributed by atoms with Gasteiger partial charge in [0, 0.05) is 41.9 Å². The number of nitrogens with one attached hydrogen (secondary N) is 1. The van der Waals surface area contributed by atoms with Crippen molar-refractivity contribution >= 4 is 34.3 Å². The van der Waals surface area contributed by atoms with Crippen LogP contribution in [0, 0.1) is 5.92 Å². The van der Waals surface area contributed by atoms with Gasteiger partial charge in [-0.05, 0) is 38.4 Å². The number of rotatable bonds is 7. The normalized spacial score (nSPS) is 16.5. The van der Waals surface area contributed by atoms with Crippen LogP contribution in [0.3, 0.4) is 0 Å². The van der Waals surface area contributed by atoms with Crippen molar-refractivity contribution in [3.8, 4) is 22.8 Å². The van der Waals surface area contributed by atoms with E-state index in [-0.39, 0.29) is 5.95 Å². The van der Waals surface area contributed by atoms with Crippen LogP contribution in [0.4, 0.5) is 11.8 Å². The van der Waals surface area contributed by atoms with Crippen LogP contribution >= 0.6 is 11.6 Å². The molecule has 1 unspecified atom stereocenters. The van der Waals surface area contributed by atoms with E-state index in [1.54, 1.807) is 20.4 Å². The van der Waals surface area contributed by atoms with Gasteiger partial charge < -0.3 is 25.4 Å². The third kappa shape index (κ3) is 4.25. The van der Waals surface area contributed by atoms with Crippen molar-refractivity contribution in [2.24, 2.45) is 5.92 Å². The zero-order valence-corrected chi connectivity index (χ0v) is 19.7. The van der Waals surface area contributed by atoms with Gasteiger partial charge in [0.1, 0.15) is 17.0 Å². The van der Waals surface area contributed by atoms with Crippen LogP contribution in [-0.4, -0.2) is 60.8 Å². The highest BCUT2D eigenvalue weighted by Gasteiger charge is 2.23. The summed E-state index contributed by atoms with van der Waals surface area (Å²) in [5, 5.41) is 4.84. The quantitative estimate of drug-likeness (QED) is 0.552. The molecule has 1 atom stereocenters. The summed E-state index contributed by atoms with van der Waals surface area (Å²) in [6.45, 7) is 5.02. The number of hydrogen-bond acceptors (Lipinski definition) is 8. The van der Waals surface area contributed by atoms with Crippen molar-refractivity contribution in [3.63, 3.8) is 0 Å². The number of methoxy groups -OCH3 is 2. The molecule has 1 aromatic carbocycles. The molecule has 1 aliphatic rings. The van der Waals surface area contributed by atoms with Gasteiger partial charge in [-0.15, -0.1) is 0 Å². The Hall–Kier alpha value is -2.84. The van der Waals surface area contributed by atoms with Gasteiger partial charge in [-0.1, -0.05) is 18.5 Å². The Morgan fingerprint density at radius 1 is 1.22 bits per heavy atom. The number of hydrogen-bond donors (Lipinski definition) is 2. The molecule has 8 nitrogen and oxygen atoms in total. The van der Waals surface area contributed by atoms with Gasteiger partial charge in [0.2, 0.25) is 5.95 Å². The lowest BCUT2D eigenvalue weighted by Crippen LogP contribution is -2.19. The Labute approximate surface area is 193 Å². The Bertz CT molecular complexity index is 1140. The number of nitrogen functional groups attached to an aromatic ring is 1. The molecule has 0 saturated carbocycles. The molecule has 1 fully saturated rings. The van der Waals surface area contributed by atoms with Gasteiger partial charge in [-0.3, -0.25) is 0 Å². The minimum absolute atomic E-state index is 0.214. The summed E-state index contributed by atoms with van der Waals surface area (Å²) in [6, 6.07) is 3.74. The van der Waals surface area contributed by atoms with E-state index in [0.717, 1.165) is 49.0 Å². The number of nitrogens with zero attached hydrogens (tertiary/aromatic N) is 4. The SMILES string of the molecule is CCc1c(OC)cc(OC)c(Cl)c1-c1cc2cnc(N)nc2c(NCC2CCN(C)C2)n1. The second-order valence-electron chi connectivity index (χ2n) is 8.12. The molecule has 0 radical (unpaired) electrons. The van der Waals surface area contributed by atoms with Crippen molar-refractivity contribution in [2.45, 2.75) is 19.8 Å². The van der Waals surface area contributed by atoms with E-state index in [9.17, 15) is 0 Å². The summed E-state index contributed by atoms with van der Waals surface area (Å²) in [7, 11) is 5.38. The van der Waals surface area contributed by atoms with Gasteiger partial charge >= 0.3 is 0 Å². The van der Waals surface area contributed by atoms with E-state index in [0.29, 0.717) is 39.5 Å². The monoisotopic (exact) mass is 456 g/mol. The van der Waals surface area contributed by atoms with Crippen LogP contribution in [0.2, 0.25) is 5.02 Å². The summed E-state index contributed by atoms with van der Waals surface area (Å²) in [5.74, 6) is 2.68. The molecule has 0 spiro atoms. The molecule has 3 N–H and O–H groups in total. The van der Waals surface area contributed by atoms with Crippen LogP contribution in [-0.2, 0) is 6.42 Å². The number of aromatic nitrogens is 3. The summed E-state index contributed by atoms with van der Waals surface area (Å²) < 4.78 is 11.1. The summed E-state index contributed by atoms with van der Waals surface area (Å²) >= 11 is 6.78.